The number of aryl methyl sites for hydroxylation is 2. The molecule has 1 aliphatic rings. The van der Waals surface area contributed by atoms with E-state index in [0.717, 1.165) is 60.2 Å². The van der Waals surface area contributed by atoms with E-state index in [-0.39, 0.29) is 11.7 Å². The zero-order valence-electron chi connectivity index (χ0n) is 16.0. The molecule has 0 radical (unpaired) electrons. The van der Waals surface area contributed by atoms with E-state index in [1.165, 1.54) is 0 Å². The highest BCUT2D eigenvalue weighted by molar-refractivity contribution is 7.99. The molecule has 1 saturated heterocycles. The third kappa shape index (κ3) is 4.71. The first kappa shape index (κ1) is 19.5. The zero-order chi connectivity index (χ0) is 19.4. The van der Waals surface area contributed by atoms with E-state index < -0.39 is 0 Å². The van der Waals surface area contributed by atoms with Crippen LogP contribution in [0, 0.1) is 13.8 Å². The van der Waals surface area contributed by atoms with Gasteiger partial charge in [-0.05, 0) is 45.0 Å². The number of Topliss-reactive ketones (excluding diaryl/α,β-unsaturated/α-hetero) is 1. The topological polar surface area (TPSA) is 66.7 Å². The molecule has 1 amide bonds. The van der Waals surface area contributed by atoms with Crippen molar-refractivity contribution in [1.82, 2.24) is 10.1 Å². The largest absolute Gasteiger partial charge is 0.368 e. The Labute approximate surface area is 163 Å². The Bertz CT molecular complexity index is 789. The van der Waals surface area contributed by atoms with Gasteiger partial charge in [0, 0.05) is 48.7 Å². The second kappa shape index (κ2) is 8.61. The number of anilines is 1. The highest BCUT2D eigenvalue weighted by Crippen LogP contribution is 2.21. The van der Waals surface area contributed by atoms with E-state index in [0.29, 0.717) is 5.75 Å². The summed E-state index contributed by atoms with van der Waals surface area (Å²) in [6, 6.07) is 7.68. The summed E-state index contributed by atoms with van der Waals surface area (Å²) in [6.07, 6.45) is 0. The molecule has 144 valence electrons. The van der Waals surface area contributed by atoms with Gasteiger partial charge in [0.15, 0.2) is 5.78 Å². The Kier molecular flexibility index (Phi) is 6.21. The lowest BCUT2D eigenvalue weighted by Crippen LogP contribution is -2.49. The molecule has 1 aromatic heterocycles. The predicted molar refractivity (Wildman–Crippen MR) is 107 cm³/mol. The monoisotopic (exact) mass is 387 g/mol. The molecular formula is C20H25N3O3S. The normalized spacial score (nSPS) is 14.5. The molecule has 0 saturated carbocycles. The van der Waals surface area contributed by atoms with Crippen LogP contribution in [0.15, 0.2) is 28.8 Å². The molecule has 2 aromatic rings. The first-order chi connectivity index (χ1) is 13.0. The van der Waals surface area contributed by atoms with Crippen molar-refractivity contribution in [3.63, 3.8) is 0 Å². The standard InChI is InChI=1S/C20H25N3O3S/c1-14-19(16(3)26-21-14)12-27-13-20(25)23-10-8-22(9-11-23)18-6-4-17(5-7-18)15(2)24/h4-7H,8-13H2,1-3H3. The van der Waals surface area contributed by atoms with Crippen molar-refractivity contribution in [2.24, 2.45) is 0 Å². The Balaban J connectivity index is 1.45. The molecule has 2 heterocycles. The summed E-state index contributed by atoms with van der Waals surface area (Å²) in [7, 11) is 0. The van der Waals surface area contributed by atoms with Crippen LogP contribution in [0.1, 0.15) is 34.3 Å². The van der Waals surface area contributed by atoms with Gasteiger partial charge >= 0.3 is 0 Å². The molecule has 1 aromatic carbocycles. The van der Waals surface area contributed by atoms with Crippen molar-refractivity contribution in [1.29, 1.82) is 0 Å². The van der Waals surface area contributed by atoms with E-state index in [4.69, 9.17) is 4.52 Å². The van der Waals surface area contributed by atoms with Crippen LogP contribution >= 0.6 is 11.8 Å². The summed E-state index contributed by atoms with van der Waals surface area (Å²) in [6.45, 7) is 8.46. The Morgan fingerprint density at radius 1 is 1.11 bits per heavy atom. The number of piperazine rings is 1. The minimum atomic E-state index is 0.0751. The van der Waals surface area contributed by atoms with Gasteiger partial charge in [-0.1, -0.05) is 5.16 Å². The maximum atomic E-state index is 12.5. The maximum Gasteiger partial charge on any atom is 0.232 e. The van der Waals surface area contributed by atoms with Crippen LogP contribution in [0.4, 0.5) is 5.69 Å². The molecule has 3 rings (SSSR count). The van der Waals surface area contributed by atoms with E-state index in [1.54, 1.807) is 18.7 Å². The minimum Gasteiger partial charge on any atom is -0.368 e. The molecule has 0 bridgehead atoms. The van der Waals surface area contributed by atoms with Crippen molar-refractivity contribution in [2.75, 3.05) is 36.8 Å². The van der Waals surface area contributed by atoms with Gasteiger partial charge in [0.2, 0.25) is 5.91 Å². The lowest BCUT2D eigenvalue weighted by Gasteiger charge is -2.36. The number of benzene rings is 1. The summed E-state index contributed by atoms with van der Waals surface area (Å²) in [5, 5.41) is 3.95. The average Bonchev–Trinajstić information content (AvgIpc) is 3.00. The molecule has 6 nitrogen and oxygen atoms in total. The number of hydrogen-bond acceptors (Lipinski definition) is 6. The fourth-order valence-electron chi connectivity index (χ4n) is 3.16. The molecule has 0 atom stereocenters. The van der Waals surface area contributed by atoms with Crippen molar-refractivity contribution < 1.29 is 14.1 Å². The van der Waals surface area contributed by atoms with Gasteiger partial charge in [-0.3, -0.25) is 9.59 Å². The van der Waals surface area contributed by atoms with Crippen LogP contribution in [0.25, 0.3) is 0 Å². The molecular weight excluding hydrogens is 362 g/mol. The second-order valence-corrected chi connectivity index (χ2v) is 7.75. The average molecular weight is 388 g/mol. The molecule has 0 N–H and O–H groups in total. The van der Waals surface area contributed by atoms with Crippen molar-refractivity contribution >= 4 is 29.1 Å². The molecule has 1 aliphatic heterocycles. The fourth-order valence-corrected chi connectivity index (χ4v) is 4.24. The molecule has 0 spiro atoms. The molecule has 1 fully saturated rings. The lowest BCUT2D eigenvalue weighted by molar-refractivity contribution is -0.128. The summed E-state index contributed by atoms with van der Waals surface area (Å²) in [4.78, 5) is 28.0. The van der Waals surface area contributed by atoms with Gasteiger partial charge in [-0.2, -0.15) is 0 Å². The van der Waals surface area contributed by atoms with Crippen LogP contribution in [0.5, 0.6) is 0 Å². The van der Waals surface area contributed by atoms with Gasteiger partial charge in [0.1, 0.15) is 5.76 Å². The summed E-state index contributed by atoms with van der Waals surface area (Å²) in [5.74, 6) is 2.30. The van der Waals surface area contributed by atoms with Gasteiger partial charge in [-0.25, -0.2) is 0 Å². The Hall–Kier alpha value is -2.28. The summed E-state index contributed by atoms with van der Waals surface area (Å²) >= 11 is 1.61. The lowest BCUT2D eigenvalue weighted by atomic mass is 10.1. The van der Waals surface area contributed by atoms with E-state index in [2.05, 4.69) is 10.1 Å². The number of carbonyl (C=O) groups excluding carboxylic acids is 2. The zero-order valence-corrected chi connectivity index (χ0v) is 16.8. The number of hydrogen-bond donors (Lipinski definition) is 0. The molecule has 0 unspecified atom stereocenters. The van der Waals surface area contributed by atoms with Crippen LogP contribution in [0.2, 0.25) is 0 Å². The van der Waals surface area contributed by atoms with E-state index in [9.17, 15) is 9.59 Å². The summed E-state index contributed by atoms with van der Waals surface area (Å²) < 4.78 is 5.16. The van der Waals surface area contributed by atoms with Crippen LogP contribution in [0.3, 0.4) is 0 Å². The first-order valence-corrected chi connectivity index (χ1v) is 10.2. The molecule has 7 heteroatoms. The van der Waals surface area contributed by atoms with Gasteiger partial charge in [-0.15, -0.1) is 11.8 Å². The Morgan fingerprint density at radius 2 is 1.78 bits per heavy atom. The summed E-state index contributed by atoms with van der Waals surface area (Å²) in [5.41, 5.74) is 3.81. The van der Waals surface area contributed by atoms with Gasteiger partial charge in [0.25, 0.3) is 0 Å². The van der Waals surface area contributed by atoms with Crippen molar-refractivity contribution in [2.45, 2.75) is 26.5 Å². The van der Waals surface area contributed by atoms with E-state index in [1.807, 2.05) is 43.0 Å². The Morgan fingerprint density at radius 3 is 2.33 bits per heavy atom. The fraction of sp³-hybridized carbons (Fsp3) is 0.450. The van der Waals surface area contributed by atoms with Crippen LogP contribution < -0.4 is 4.90 Å². The number of thioether (sulfide) groups is 1. The smallest absolute Gasteiger partial charge is 0.232 e. The quantitative estimate of drug-likeness (QED) is 0.710. The molecule has 27 heavy (non-hydrogen) atoms. The predicted octanol–water partition coefficient (Wildman–Crippen LogP) is 3.08. The first-order valence-electron chi connectivity index (χ1n) is 9.09. The number of amides is 1. The highest BCUT2D eigenvalue weighted by atomic mass is 32.2. The SMILES string of the molecule is CC(=O)c1ccc(N2CCN(C(=O)CSCc3c(C)noc3C)CC2)cc1. The third-order valence-electron chi connectivity index (χ3n) is 4.92. The van der Waals surface area contributed by atoms with Crippen molar-refractivity contribution in [3.05, 3.63) is 46.8 Å². The number of carbonyl (C=O) groups is 2. The third-order valence-corrected chi connectivity index (χ3v) is 5.87. The number of nitrogens with zero attached hydrogens (tertiary/aromatic N) is 3. The van der Waals surface area contributed by atoms with Crippen LogP contribution in [-0.4, -0.2) is 53.7 Å². The molecule has 0 aliphatic carbocycles. The van der Waals surface area contributed by atoms with E-state index >= 15 is 0 Å². The number of ketones is 1. The number of aromatic nitrogens is 1. The van der Waals surface area contributed by atoms with Crippen LogP contribution in [-0.2, 0) is 10.5 Å². The highest BCUT2D eigenvalue weighted by Gasteiger charge is 2.21. The number of rotatable bonds is 6. The van der Waals surface area contributed by atoms with Gasteiger partial charge < -0.3 is 14.3 Å². The maximum absolute atomic E-state index is 12.5. The van der Waals surface area contributed by atoms with Crippen molar-refractivity contribution in [3.8, 4) is 0 Å². The second-order valence-electron chi connectivity index (χ2n) is 6.77. The van der Waals surface area contributed by atoms with Gasteiger partial charge in [0.05, 0.1) is 11.4 Å². The minimum absolute atomic E-state index is 0.0751.